The fourth-order valence-electron chi connectivity index (χ4n) is 1.55. The summed E-state index contributed by atoms with van der Waals surface area (Å²) in [5.41, 5.74) is 0. The smallest absolute Gasteiger partial charge is 0.376 e. The monoisotopic (exact) mass is 171 g/mol. The van der Waals surface area contributed by atoms with Crippen molar-refractivity contribution in [2.75, 3.05) is 13.1 Å². The highest BCUT2D eigenvalue weighted by atomic mass is 16.4. The van der Waals surface area contributed by atoms with Crippen LogP contribution in [0.2, 0.25) is 6.82 Å². The number of carboxylic acid groups (broad SMARTS) is 1. The molecule has 1 fully saturated rings. The van der Waals surface area contributed by atoms with E-state index in [-0.39, 0.29) is 5.92 Å². The molecule has 68 valence electrons. The molecule has 0 spiro atoms. The van der Waals surface area contributed by atoms with Gasteiger partial charge in [-0.1, -0.05) is 0 Å². The van der Waals surface area contributed by atoms with Gasteiger partial charge in [-0.2, -0.15) is 0 Å². The molecule has 0 radical (unpaired) electrons. The third-order valence-electron chi connectivity index (χ3n) is 2.33. The van der Waals surface area contributed by atoms with E-state index in [1.807, 2.05) is 0 Å². The van der Waals surface area contributed by atoms with E-state index in [0.717, 1.165) is 19.4 Å². The van der Waals surface area contributed by atoms with Crippen molar-refractivity contribution in [3.63, 3.8) is 0 Å². The summed E-state index contributed by atoms with van der Waals surface area (Å²) >= 11 is 0. The van der Waals surface area contributed by atoms with Crippen LogP contribution in [-0.4, -0.2) is 41.1 Å². The summed E-state index contributed by atoms with van der Waals surface area (Å²) in [4.78, 5) is 12.4. The first-order chi connectivity index (χ1) is 5.61. The van der Waals surface area contributed by atoms with Crippen LogP contribution in [0.4, 0.5) is 0 Å². The lowest BCUT2D eigenvalue weighted by Gasteiger charge is -2.31. The molecule has 2 N–H and O–H groups in total. The SMILES string of the molecule is CB(O)N1CCC[C@@H](C(=O)O)C1. The Bertz CT molecular complexity index is 174. The number of hydrogen-bond acceptors (Lipinski definition) is 3. The number of carboxylic acids is 1. The first kappa shape index (κ1) is 9.54. The molecule has 0 aliphatic carbocycles. The Labute approximate surface area is 72.3 Å². The number of piperidine rings is 1. The van der Waals surface area contributed by atoms with Crippen molar-refractivity contribution in [3.05, 3.63) is 0 Å². The summed E-state index contributed by atoms with van der Waals surface area (Å²) in [6, 6.07) is 0. The molecule has 0 saturated carbocycles. The van der Waals surface area contributed by atoms with E-state index in [1.165, 1.54) is 0 Å². The molecular formula is C7H14BNO3. The Morgan fingerprint density at radius 1 is 1.67 bits per heavy atom. The molecule has 1 atom stereocenters. The molecule has 1 rings (SSSR count). The first-order valence-electron chi connectivity index (χ1n) is 4.26. The van der Waals surface area contributed by atoms with E-state index < -0.39 is 13.0 Å². The third-order valence-corrected chi connectivity index (χ3v) is 2.33. The van der Waals surface area contributed by atoms with Gasteiger partial charge in [-0.25, -0.2) is 0 Å². The molecule has 1 saturated heterocycles. The van der Waals surface area contributed by atoms with Crippen LogP contribution in [0.25, 0.3) is 0 Å². The van der Waals surface area contributed by atoms with E-state index in [1.54, 1.807) is 11.6 Å². The molecule has 5 heteroatoms. The van der Waals surface area contributed by atoms with Gasteiger partial charge in [0.05, 0.1) is 5.92 Å². The molecule has 4 nitrogen and oxygen atoms in total. The summed E-state index contributed by atoms with van der Waals surface area (Å²) in [5.74, 6) is -1.05. The topological polar surface area (TPSA) is 60.8 Å². The molecule has 1 aliphatic heterocycles. The second-order valence-corrected chi connectivity index (χ2v) is 3.30. The van der Waals surface area contributed by atoms with E-state index in [2.05, 4.69) is 0 Å². The predicted octanol–water partition coefficient (Wildman–Crippen LogP) is -0.107. The summed E-state index contributed by atoms with van der Waals surface area (Å²) in [6.45, 7) is 2.96. The minimum Gasteiger partial charge on any atom is -0.481 e. The highest BCUT2D eigenvalue weighted by Crippen LogP contribution is 2.16. The Morgan fingerprint density at radius 2 is 2.33 bits per heavy atom. The number of rotatable bonds is 2. The molecule has 1 aliphatic rings. The van der Waals surface area contributed by atoms with Crippen LogP contribution in [-0.2, 0) is 4.79 Å². The highest BCUT2D eigenvalue weighted by Gasteiger charge is 2.28. The normalized spacial score (nSPS) is 25.3. The van der Waals surface area contributed by atoms with Crippen molar-refractivity contribution >= 4 is 13.0 Å². The second-order valence-electron chi connectivity index (χ2n) is 3.30. The number of aliphatic carboxylic acids is 1. The zero-order chi connectivity index (χ0) is 9.14. The second kappa shape index (κ2) is 3.91. The molecule has 0 aromatic carbocycles. The number of hydrogen-bond donors (Lipinski definition) is 2. The van der Waals surface area contributed by atoms with Crippen LogP contribution in [0, 0.1) is 5.92 Å². The largest absolute Gasteiger partial charge is 0.481 e. The molecule has 0 amide bonds. The van der Waals surface area contributed by atoms with Crippen molar-refractivity contribution in [1.82, 2.24) is 4.81 Å². The molecular weight excluding hydrogens is 157 g/mol. The molecule has 0 aromatic rings. The van der Waals surface area contributed by atoms with Gasteiger partial charge in [0, 0.05) is 6.54 Å². The first-order valence-corrected chi connectivity index (χ1v) is 4.26. The maximum Gasteiger partial charge on any atom is 0.376 e. The van der Waals surface area contributed by atoms with Crippen molar-refractivity contribution in [2.45, 2.75) is 19.7 Å². The van der Waals surface area contributed by atoms with Crippen LogP contribution >= 0.6 is 0 Å². The standard InChI is InChI=1S/C7H14BNO3/c1-8(12)9-4-2-3-6(5-9)7(10)11/h6,12H,2-5H2,1H3,(H,10,11)/t6-/m1/s1. The van der Waals surface area contributed by atoms with Gasteiger partial charge in [-0.05, 0) is 26.2 Å². The van der Waals surface area contributed by atoms with Gasteiger partial charge in [-0.15, -0.1) is 0 Å². The van der Waals surface area contributed by atoms with Gasteiger partial charge in [0.1, 0.15) is 0 Å². The summed E-state index contributed by atoms with van der Waals surface area (Å²) in [6.07, 6.45) is 1.60. The molecule has 1 heterocycles. The number of carbonyl (C=O) groups is 1. The Balaban J connectivity index is 2.46. The zero-order valence-electron chi connectivity index (χ0n) is 7.23. The van der Waals surface area contributed by atoms with E-state index in [9.17, 15) is 9.82 Å². The van der Waals surface area contributed by atoms with Crippen molar-refractivity contribution in [3.8, 4) is 0 Å². The zero-order valence-corrected chi connectivity index (χ0v) is 7.23. The van der Waals surface area contributed by atoms with Crippen molar-refractivity contribution in [2.24, 2.45) is 5.92 Å². The average Bonchev–Trinajstić information content (AvgIpc) is 2.04. The molecule has 0 bridgehead atoms. The van der Waals surface area contributed by atoms with Gasteiger partial charge in [0.25, 0.3) is 0 Å². The Morgan fingerprint density at radius 3 is 2.83 bits per heavy atom. The van der Waals surface area contributed by atoms with E-state index >= 15 is 0 Å². The van der Waals surface area contributed by atoms with E-state index in [0.29, 0.717) is 6.54 Å². The summed E-state index contributed by atoms with van der Waals surface area (Å²) in [7, 11) is -0.521. The van der Waals surface area contributed by atoms with Crippen LogP contribution in [0.5, 0.6) is 0 Å². The molecule has 0 unspecified atom stereocenters. The highest BCUT2D eigenvalue weighted by molar-refractivity contribution is 6.45. The lowest BCUT2D eigenvalue weighted by atomic mass is 9.81. The van der Waals surface area contributed by atoms with Gasteiger partial charge in [0.2, 0.25) is 0 Å². The molecule has 0 aromatic heterocycles. The van der Waals surface area contributed by atoms with E-state index in [4.69, 9.17) is 5.11 Å². The fraction of sp³-hybridized carbons (Fsp3) is 0.857. The van der Waals surface area contributed by atoms with Gasteiger partial charge in [0.15, 0.2) is 0 Å². The van der Waals surface area contributed by atoms with Crippen molar-refractivity contribution in [1.29, 1.82) is 0 Å². The Kier molecular flexibility index (Phi) is 3.11. The lowest BCUT2D eigenvalue weighted by Crippen LogP contribution is -2.46. The van der Waals surface area contributed by atoms with Crippen LogP contribution < -0.4 is 0 Å². The van der Waals surface area contributed by atoms with Crippen LogP contribution in [0.3, 0.4) is 0 Å². The van der Waals surface area contributed by atoms with Gasteiger partial charge < -0.3 is 14.9 Å². The minimum atomic E-state index is -0.750. The maximum absolute atomic E-state index is 10.6. The predicted molar refractivity (Wildman–Crippen MR) is 45.8 cm³/mol. The minimum absolute atomic E-state index is 0.298. The lowest BCUT2D eigenvalue weighted by molar-refractivity contribution is -0.143. The fourth-order valence-corrected chi connectivity index (χ4v) is 1.55. The van der Waals surface area contributed by atoms with Gasteiger partial charge in [-0.3, -0.25) is 4.79 Å². The van der Waals surface area contributed by atoms with Crippen molar-refractivity contribution < 1.29 is 14.9 Å². The quantitative estimate of drug-likeness (QED) is 0.569. The summed E-state index contributed by atoms with van der Waals surface area (Å²) < 4.78 is 0. The average molecular weight is 171 g/mol. The van der Waals surface area contributed by atoms with Crippen LogP contribution in [0.1, 0.15) is 12.8 Å². The Hall–Kier alpha value is -0.545. The molecule has 12 heavy (non-hydrogen) atoms. The van der Waals surface area contributed by atoms with Crippen LogP contribution in [0.15, 0.2) is 0 Å². The van der Waals surface area contributed by atoms with Gasteiger partial charge >= 0.3 is 13.0 Å². The maximum atomic E-state index is 10.6. The number of nitrogens with zero attached hydrogens (tertiary/aromatic N) is 1. The third kappa shape index (κ3) is 2.22. The summed E-state index contributed by atoms with van der Waals surface area (Å²) in [5, 5.41) is 17.9.